The first-order valence-electron chi connectivity index (χ1n) is 1.93. The lowest BCUT2D eigenvalue weighted by Gasteiger charge is -1.71. The number of nitrogens with one attached hydrogen (secondary N) is 1. The Hall–Kier alpha value is -1.30. The van der Waals surface area contributed by atoms with E-state index >= 15 is 0 Å². The molecule has 0 aromatic rings. The average Bonchev–Trinajstić information content (AvgIpc) is 1.61. The van der Waals surface area contributed by atoms with Crippen molar-refractivity contribution in [2.24, 2.45) is 0 Å². The molecular formula is C5H5NO2. The van der Waals surface area contributed by atoms with Gasteiger partial charge in [0.1, 0.15) is 0 Å². The zero-order chi connectivity index (χ0) is 6.57. The van der Waals surface area contributed by atoms with Gasteiger partial charge in [-0.3, -0.25) is 5.41 Å². The fourth-order valence-electron chi connectivity index (χ4n) is 0.147. The summed E-state index contributed by atoms with van der Waals surface area (Å²) in [7, 11) is 0. The summed E-state index contributed by atoms with van der Waals surface area (Å²) < 4.78 is 0. The Balaban J connectivity index is 3.87. The van der Waals surface area contributed by atoms with Crippen molar-refractivity contribution < 1.29 is 9.90 Å². The van der Waals surface area contributed by atoms with E-state index in [9.17, 15) is 4.79 Å². The maximum absolute atomic E-state index is 9.63. The third kappa shape index (κ3) is 4.70. The van der Waals surface area contributed by atoms with E-state index < -0.39 is 5.97 Å². The van der Waals surface area contributed by atoms with Crippen LogP contribution in [0.25, 0.3) is 0 Å². The van der Waals surface area contributed by atoms with Gasteiger partial charge in [0.15, 0.2) is 0 Å². The summed E-state index contributed by atoms with van der Waals surface area (Å²) in [5.74, 6) is 2.67. The van der Waals surface area contributed by atoms with Crippen molar-refractivity contribution in [3.8, 4) is 11.8 Å². The second-order valence-corrected chi connectivity index (χ2v) is 1.18. The third-order valence-corrected chi connectivity index (χ3v) is 0.357. The van der Waals surface area contributed by atoms with Gasteiger partial charge in [0.2, 0.25) is 0 Å². The number of hydrogen-bond donors (Lipinski definition) is 2. The molecule has 8 heavy (non-hydrogen) atoms. The van der Waals surface area contributed by atoms with Crippen LogP contribution in [0.1, 0.15) is 6.92 Å². The lowest BCUT2D eigenvalue weighted by Crippen LogP contribution is -1.89. The van der Waals surface area contributed by atoms with Crippen LogP contribution in [0.2, 0.25) is 0 Å². The number of carboxylic acids is 1. The highest BCUT2D eigenvalue weighted by Gasteiger charge is 1.81. The van der Waals surface area contributed by atoms with E-state index in [-0.39, 0.29) is 5.71 Å². The maximum atomic E-state index is 9.63. The van der Waals surface area contributed by atoms with E-state index in [4.69, 9.17) is 10.5 Å². The van der Waals surface area contributed by atoms with Crippen molar-refractivity contribution in [3.05, 3.63) is 0 Å². The van der Waals surface area contributed by atoms with Crippen LogP contribution in [-0.2, 0) is 4.79 Å². The van der Waals surface area contributed by atoms with Gasteiger partial charge in [0, 0.05) is 5.92 Å². The second kappa shape index (κ2) is 2.80. The normalized spacial score (nSPS) is 6.62. The predicted molar refractivity (Wildman–Crippen MR) is 28.8 cm³/mol. The Kier molecular flexibility index (Phi) is 2.35. The van der Waals surface area contributed by atoms with Gasteiger partial charge in [-0.25, -0.2) is 4.79 Å². The van der Waals surface area contributed by atoms with Gasteiger partial charge in [-0.1, -0.05) is 0 Å². The summed E-state index contributed by atoms with van der Waals surface area (Å²) in [5, 5.41) is 14.5. The molecule has 42 valence electrons. The summed E-state index contributed by atoms with van der Waals surface area (Å²) in [6, 6.07) is 0. The molecule has 0 fully saturated rings. The number of carbonyl (C=O) groups is 1. The Morgan fingerprint density at radius 2 is 2.12 bits per heavy atom. The van der Waals surface area contributed by atoms with Gasteiger partial charge >= 0.3 is 5.97 Å². The smallest absolute Gasteiger partial charge is 0.382 e. The zero-order valence-corrected chi connectivity index (χ0v) is 4.36. The van der Waals surface area contributed by atoms with Crippen molar-refractivity contribution in [1.82, 2.24) is 0 Å². The number of rotatable bonds is 0. The summed E-state index contributed by atoms with van der Waals surface area (Å²) >= 11 is 0. The van der Waals surface area contributed by atoms with Crippen molar-refractivity contribution in [2.75, 3.05) is 0 Å². The molecule has 0 aliphatic rings. The van der Waals surface area contributed by atoms with Crippen LogP contribution in [0.3, 0.4) is 0 Å². The lowest BCUT2D eigenvalue weighted by molar-refractivity contribution is -0.130. The highest BCUT2D eigenvalue weighted by atomic mass is 16.4. The largest absolute Gasteiger partial charge is 0.472 e. The lowest BCUT2D eigenvalue weighted by atomic mass is 10.4. The van der Waals surface area contributed by atoms with Gasteiger partial charge < -0.3 is 5.11 Å². The molecule has 0 rings (SSSR count). The Bertz CT molecular complexity index is 155. The monoisotopic (exact) mass is 111 g/mol. The van der Waals surface area contributed by atoms with Crippen LogP contribution in [0.15, 0.2) is 0 Å². The summed E-state index contributed by atoms with van der Waals surface area (Å²) in [5.41, 5.74) is 0.0624. The second-order valence-electron chi connectivity index (χ2n) is 1.18. The molecule has 0 amide bonds. The van der Waals surface area contributed by atoms with E-state index in [0.717, 1.165) is 0 Å². The molecule has 0 aromatic heterocycles. The average molecular weight is 111 g/mol. The maximum Gasteiger partial charge on any atom is 0.382 e. The fraction of sp³-hybridized carbons (Fsp3) is 0.200. The fourth-order valence-corrected chi connectivity index (χ4v) is 0.147. The highest BCUT2D eigenvalue weighted by molar-refractivity contribution is 6.01. The van der Waals surface area contributed by atoms with E-state index in [1.807, 2.05) is 0 Å². The Morgan fingerprint density at radius 1 is 1.62 bits per heavy atom. The van der Waals surface area contributed by atoms with Gasteiger partial charge in [-0.05, 0) is 12.8 Å². The molecule has 2 N–H and O–H groups in total. The minimum absolute atomic E-state index is 0.0624. The molecule has 0 heterocycles. The molecule has 0 unspecified atom stereocenters. The molecule has 3 heteroatoms. The van der Waals surface area contributed by atoms with E-state index in [1.54, 1.807) is 5.92 Å². The Morgan fingerprint density at radius 3 is 2.25 bits per heavy atom. The highest BCUT2D eigenvalue weighted by Crippen LogP contribution is 1.62. The van der Waals surface area contributed by atoms with Crippen LogP contribution in [0.5, 0.6) is 0 Å². The van der Waals surface area contributed by atoms with Crippen molar-refractivity contribution in [2.45, 2.75) is 6.92 Å². The molecular weight excluding hydrogens is 106 g/mol. The van der Waals surface area contributed by atoms with Crippen molar-refractivity contribution in [3.63, 3.8) is 0 Å². The van der Waals surface area contributed by atoms with Gasteiger partial charge in [0.05, 0.1) is 5.71 Å². The standard InChI is InChI=1S/C5H5NO2/c1-4(6)2-3-5(7)8/h6H,1H3,(H,7,8). The number of aliphatic carboxylic acids is 1. The molecule has 0 spiro atoms. The zero-order valence-electron chi connectivity index (χ0n) is 4.36. The molecule has 0 saturated carbocycles. The summed E-state index contributed by atoms with van der Waals surface area (Å²) in [4.78, 5) is 9.63. The minimum Gasteiger partial charge on any atom is -0.472 e. The molecule has 0 atom stereocenters. The third-order valence-electron chi connectivity index (χ3n) is 0.357. The molecule has 0 aliphatic heterocycles. The quantitative estimate of drug-likeness (QED) is 0.344. The summed E-state index contributed by atoms with van der Waals surface area (Å²) in [6.45, 7) is 1.43. The predicted octanol–water partition coefficient (Wildman–Crippen LogP) is 0.114. The molecule has 0 aromatic carbocycles. The van der Waals surface area contributed by atoms with Crippen LogP contribution in [0.4, 0.5) is 0 Å². The SMILES string of the molecule is CC(=N)C#CC(=O)O. The Labute approximate surface area is 46.8 Å². The van der Waals surface area contributed by atoms with Crippen LogP contribution in [-0.4, -0.2) is 16.8 Å². The van der Waals surface area contributed by atoms with E-state index in [0.29, 0.717) is 0 Å². The van der Waals surface area contributed by atoms with Gasteiger partial charge in [-0.15, -0.1) is 0 Å². The van der Waals surface area contributed by atoms with E-state index in [1.165, 1.54) is 6.92 Å². The van der Waals surface area contributed by atoms with Crippen LogP contribution in [0, 0.1) is 17.3 Å². The summed E-state index contributed by atoms with van der Waals surface area (Å²) in [6.07, 6.45) is 0. The molecule has 0 bridgehead atoms. The first kappa shape index (κ1) is 6.70. The molecule has 0 saturated heterocycles. The van der Waals surface area contributed by atoms with E-state index in [2.05, 4.69) is 5.92 Å². The van der Waals surface area contributed by atoms with Crippen molar-refractivity contribution in [1.29, 1.82) is 5.41 Å². The number of hydrogen-bond acceptors (Lipinski definition) is 2. The van der Waals surface area contributed by atoms with Gasteiger partial charge in [0.25, 0.3) is 0 Å². The van der Waals surface area contributed by atoms with Crippen molar-refractivity contribution >= 4 is 11.7 Å². The van der Waals surface area contributed by atoms with Gasteiger partial charge in [-0.2, -0.15) is 0 Å². The van der Waals surface area contributed by atoms with Crippen LogP contribution >= 0.6 is 0 Å². The first-order chi connectivity index (χ1) is 3.63. The minimum atomic E-state index is -1.20. The number of carboxylic acid groups (broad SMARTS) is 1. The van der Waals surface area contributed by atoms with Crippen LogP contribution < -0.4 is 0 Å². The first-order valence-corrected chi connectivity index (χ1v) is 1.93. The molecule has 0 aliphatic carbocycles. The molecule has 0 radical (unpaired) electrons. The topological polar surface area (TPSA) is 61.2 Å². The molecule has 3 nitrogen and oxygen atoms in total.